The lowest BCUT2D eigenvalue weighted by molar-refractivity contribution is -0.135. The first kappa shape index (κ1) is 13.0. The molecule has 0 saturated carbocycles. The molecule has 0 aliphatic rings. The minimum absolute atomic E-state index is 0.121. The Morgan fingerprint density at radius 1 is 1.47 bits per heavy atom. The average Bonchev–Trinajstić information content (AvgIpc) is 2.27. The van der Waals surface area contributed by atoms with Crippen LogP contribution in [0.5, 0.6) is 0 Å². The van der Waals surface area contributed by atoms with Gasteiger partial charge in [0.1, 0.15) is 7.11 Å². The van der Waals surface area contributed by atoms with Crippen LogP contribution in [0.1, 0.15) is 18.2 Å². The molecule has 6 heteroatoms. The molecule has 92 valence electrons. The average molecular weight is 238 g/mol. The van der Waals surface area contributed by atoms with Gasteiger partial charge in [0.05, 0.1) is 12.2 Å². The topological polar surface area (TPSA) is 80.8 Å². The Labute approximate surface area is 98.2 Å². The maximum absolute atomic E-state index is 11.7. The Kier molecular flexibility index (Phi) is 4.45. The molecule has 1 heterocycles. The van der Waals surface area contributed by atoms with Crippen LogP contribution in [0.3, 0.4) is 0 Å². The van der Waals surface area contributed by atoms with Crippen molar-refractivity contribution < 1.29 is 14.4 Å². The fraction of sp³-hybridized carbons (Fsp3) is 0.364. The van der Waals surface area contributed by atoms with Crippen LogP contribution < -0.4 is 5.56 Å². The monoisotopic (exact) mass is 238 g/mol. The second kappa shape index (κ2) is 5.83. The molecule has 0 aromatic carbocycles. The molecule has 1 aromatic heterocycles. The maximum atomic E-state index is 11.7. The molecule has 0 saturated heterocycles. The maximum Gasteiger partial charge on any atom is 0.361 e. The number of nitrogens with one attached hydrogen (secondary N) is 1. The number of nitrogens with zero attached hydrogens (tertiary/aromatic N) is 1. The van der Waals surface area contributed by atoms with E-state index in [1.54, 1.807) is 19.9 Å². The summed E-state index contributed by atoms with van der Waals surface area (Å²) in [5, 5.41) is 3.53. The Morgan fingerprint density at radius 3 is 2.71 bits per heavy atom. The van der Waals surface area contributed by atoms with Gasteiger partial charge in [-0.3, -0.25) is 4.79 Å². The summed E-state index contributed by atoms with van der Waals surface area (Å²) in [6.07, 6.45) is 0. The van der Waals surface area contributed by atoms with Crippen molar-refractivity contribution in [3.05, 3.63) is 33.7 Å². The number of hydrogen-bond donors (Lipinski definition) is 1. The lowest BCUT2D eigenvalue weighted by Gasteiger charge is -2.04. The van der Waals surface area contributed by atoms with Crippen LogP contribution in [0, 0.1) is 6.92 Å². The molecule has 0 radical (unpaired) electrons. The number of carbonyl (C=O) groups is 1. The highest BCUT2D eigenvalue weighted by molar-refractivity contribution is 6.43. The highest BCUT2D eigenvalue weighted by Crippen LogP contribution is 1.99. The molecule has 6 nitrogen and oxygen atoms in total. The fourth-order valence-corrected chi connectivity index (χ4v) is 1.25. The Hall–Kier alpha value is -2.11. The Balaban J connectivity index is 3.20. The number of aromatic nitrogens is 1. The summed E-state index contributed by atoms with van der Waals surface area (Å²) in [6.45, 7) is 3.61. The lowest BCUT2D eigenvalue weighted by atomic mass is 10.1. The Bertz CT molecular complexity index is 490. The number of aryl methyl sites for hydroxylation is 1. The molecule has 0 aliphatic carbocycles. The fourth-order valence-electron chi connectivity index (χ4n) is 1.25. The van der Waals surface area contributed by atoms with Gasteiger partial charge in [0, 0.05) is 5.69 Å². The number of H-pyrrole nitrogens is 1. The van der Waals surface area contributed by atoms with E-state index in [2.05, 4.69) is 15.0 Å². The van der Waals surface area contributed by atoms with E-state index in [0.717, 1.165) is 0 Å². The van der Waals surface area contributed by atoms with Crippen molar-refractivity contribution in [2.24, 2.45) is 5.16 Å². The molecule has 1 N–H and O–H groups in total. The number of ether oxygens (including phenoxy) is 1. The van der Waals surface area contributed by atoms with Gasteiger partial charge in [-0.2, -0.15) is 0 Å². The van der Waals surface area contributed by atoms with Crippen molar-refractivity contribution in [2.75, 3.05) is 13.7 Å². The minimum Gasteiger partial charge on any atom is -0.461 e. The molecule has 0 spiro atoms. The van der Waals surface area contributed by atoms with Crippen LogP contribution in [-0.2, 0) is 14.4 Å². The summed E-state index contributed by atoms with van der Waals surface area (Å²) in [5.74, 6) is -0.691. The van der Waals surface area contributed by atoms with Gasteiger partial charge >= 0.3 is 5.97 Å². The second-order valence-electron chi connectivity index (χ2n) is 3.23. The SMILES string of the molecule is CCOC(=O)/C(=N\OC)c1ccc(C)[nH]c1=O. The van der Waals surface area contributed by atoms with Crippen molar-refractivity contribution in [3.8, 4) is 0 Å². The summed E-state index contributed by atoms with van der Waals surface area (Å²) in [4.78, 5) is 30.4. The van der Waals surface area contributed by atoms with Gasteiger partial charge in [0.2, 0.25) is 0 Å². The predicted octanol–water partition coefficient (Wildman–Crippen LogP) is 0.597. The van der Waals surface area contributed by atoms with Crippen molar-refractivity contribution >= 4 is 11.7 Å². The van der Waals surface area contributed by atoms with E-state index in [-0.39, 0.29) is 17.9 Å². The van der Waals surface area contributed by atoms with Crippen LogP contribution in [0.4, 0.5) is 0 Å². The zero-order valence-corrected chi connectivity index (χ0v) is 9.94. The molecule has 1 rings (SSSR count). The van der Waals surface area contributed by atoms with Gasteiger partial charge in [-0.25, -0.2) is 4.79 Å². The zero-order valence-electron chi connectivity index (χ0n) is 9.94. The third-order valence-electron chi connectivity index (χ3n) is 1.96. The third-order valence-corrected chi connectivity index (χ3v) is 1.96. The number of rotatable bonds is 4. The molecule has 1 aromatic rings. The summed E-state index contributed by atoms with van der Waals surface area (Å²) in [6, 6.07) is 3.17. The predicted molar refractivity (Wildman–Crippen MR) is 62.0 cm³/mol. The standard InChI is InChI=1S/C11H14N2O4/c1-4-17-11(15)9(13-16-3)8-6-5-7(2)12-10(8)14/h5-6H,4H2,1-3H3,(H,12,14)/b13-9-. The van der Waals surface area contributed by atoms with Crippen LogP contribution in [0.15, 0.2) is 22.1 Å². The molecule has 0 atom stereocenters. The van der Waals surface area contributed by atoms with E-state index in [0.29, 0.717) is 5.69 Å². The highest BCUT2D eigenvalue weighted by atomic mass is 16.6. The van der Waals surface area contributed by atoms with E-state index in [1.807, 2.05) is 0 Å². The van der Waals surface area contributed by atoms with Gasteiger partial charge in [-0.15, -0.1) is 0 Å². The van der Waals surface area contributed by atoms with Crippen molar-refractivity contribution in [3.63, 3.8) is 0 Å². The van der Waals surface area contributed by atoms with Crippen LogP contribution >= 0.6 is 0 Å². The van der Waals surface area contributed by atoms with E-state index < -0.39 is 11.5 Å². The quantitative estimate of drug-likeness (QED) is 0.473. The van der Waals surface area contributed by atoms with Crippen molar-refractivity contribution in [1.82, 2.24) is 4.98 Å². The number of carbonyl (C=O) groups excluding carboxylic acids is 1. The summed E-state index contributed by atoms with van der Waals surface area (Å²) < 4.78 is 4.79. The van der Waals surface area contributed by atoms with E-state index >= 15 is 0 Å². The van der Waals surface area contributed by atoms with Crippen molar-refractivity contribution in [1.29, 1.82) is 0 Å². The first-order chi connectivity index (χ1) is 8.10. The number of aromatic amines is 1. The second-order valence-corrected chi connectivity index (χ2v) is 3.23. The van der Waals surface area contributed by atoms with E-state index in [1.165, 1.54) is 13.2 Å². The smallest absolute Gasteiger partial charge is 0.361 e. The highest BCUT2D eigenvalue weighted by Gasteiger charge is 2.19. The molecular formula is C11H14N2O4. The first-order valence-corrected chi connectivity index (χ1v) is 5.08. The van der Waals surface area contributed by atoms with Gasteiger partial charge in [-0.1, -0.05) is 5.16 Å². The summed E-state index contributed by atoms with van der Waals surface area (Å²) in [7, 11) is 1.29. The molecular weight excluding hydrogens is 224 g/mol. The molecule has 0 unspecified atom stereocenters. The zero-order chi connectivity index (χ0) is 12.8. The largest absolute Gasteiger partial charge is 0.461 e. The van der Waals surface area contributed by atoms with Crippen LogP contribution in [0.2, 0.25) is 0 Å². The van der Waals surface area contributed by atoms with Crippen LogP contribution in [-0.4, -0.2) is 30.4 Å². The summed E-state index contributed by atoms with van der Waals surface area (Å²) in [5.41, 5.74) is 0.264. The van der Waals surface area contributed by atoms with E-state index in [9.17, 15) is 9.59 Å². The normalized spacial score (nSPS) is 11.1. The van der Waals surface area contributed by atoms with Gasteiger partial charge < -0.3 is 14.6 Å². The Morgan fingerprint density at radius 2 is 2.18 bits per heavy atom. The summed E-state index contributed by atoms with van der Waals surface area (Å²) >= 11 is 0. The number of esters is 1. The molecule has 0 aliphatic heterocycles. The van der Waals surface area contributed by atoms with Crippen LogP contribution in [0.25, 0.3) is 0 Å². The number of oxime groups is 1. The third kappa shape index (κ3) is 3.17. The molecule has 0 amide bonds. The van der Waals surface area contributed by atoms with Gasteiger partial charge in [0.25, 0.3) is 5.56 Å². The van der Waals surface area contributed by atoms with Gasteiger partial charge in [0.15, 0.2) is 5.71 Å². The number of pyridine rings is 1. The molecule has 17 heavy (non-hydrogen) atoms. The van der Waals surface area contributed by atoms with E-state index in [4.69, 9.17) is 4.74 Å². The first-order valence-electron chi connectivity index (χ1n) is 5.08. The van der Waals surface area contributed by atoms with Crippen molar-refractivity contribution in [2.45, 2.75) is 13.8 Å². The molecule has 0 bridgehead atoms. The lowest BCUT2D eigenvalue weighted by Crippen LogP contribution is -2.26. The molecule has 0 fully saturated rings. The minimum atomic E-state index is -0.691. The number of hydrogen-bond acceptors (Lipinski definition) is 5. The van der Waals surface area contributed by atoms with Gasteiger partial charge in [-0.05, 0) is 26.0 Å².